The summed E-state index contributed by atoms with van der Waals surface area (Å²) in [5.41, 5.74) is 4.67. The minimum atomic E-state index is 0.0399. The number of hydrogen-bond donors (Lipinski definition) is 1. The molecular weight excluding hydrogens is 221 g/mol. The van der Waals surface area contributed by atoms with E-state index in [0.29, 0.717) is 6.42 Å². The predicted octanol–water partition coefficient (Wildman–Crippen LogP) is 0.900. The molecule has 0 radical (unpaired) electrons. The van der Waals surface area contributed by atoms with E-state index in [1.807, 2.05) is 12.1 Å². The lowest BCUT2D eigenvalue weighted by Crippen LogP contribution is -2.19. The van der Waals surface area contributed by atoms with Crippen LogP contribution in [-0.4, -0.2) is 20.8 Å². The zero-order valence-electron chi connectivity index (χ0n) is 10.7. The van der Waals surface area contributed by atoms with Gasteiger partial charge in [-0.1, -0.05) is 54.0 Å². The predicted molar refractivity (Wildman–Crippen MR) is 77.8 cm³/mol. The number of amides is 1. The van der Waals surface area contributed by atoms with Gasteiger partial charge in [0.25, 0.3) is 0 Å². The fourth-order valence-corrected chi connectivity index (χ4v) is 1.83. The van der Waals surface area contributed by atoms with Crippen molar-refractivity contribution in [3.63, 3.8) is 0 Å². The second kappa shape index (κ2) is 5.54. The lowest BCUT2D eigenvalue weighted by Gasteiger charge is -2.04. The van der Waals surface area contributed by atoms with E-state index in [-0.39, 0.29) is 5.91 Å². The van der Waals surface area contributed by atoms with E-state index < -0.39 is 0 Å². The van der Waals surface area contributed by atoms with Crippen LogP contribution in [0.2, 0.25) is 0 Å². The molecule has 0 aromatic heterocycles. The van der Waals surface area contributed by atoms with Crippen LogP contribution in [0.4, 0.5) is 0 Å². The van der Waals surface area contributed by atoms with Gasteiger partial charge in [-0.25, -0.2) is 0 Å². The molecular formula is C15H16BNO. The summed E-state index contributed by atoms with van der Waals surface area (Å²) >= 11 is 0. The molecule has 1 N–H and O–H groups in total. The van der Waals surface area contributed by atoms with Crippen molar-refractivity contribution in [3.05, 3.63) is 54.1 Å². The average Bonchev–Trinajstić information content (AvgIpc) is 2.40. The molecule has 2 aromatic carbocycles. The summed E-state index contributed by atoms with van der Waals surface area (Å²) in [4.78, 5) is 11.3. The normalized spacial score (nSPS) is 10.1. The first-order valence-corrected chi connectivity index (χ1v) is 6.05. The van der Waals surface area contributed by atoms with E-state index in [1.54, 1.807) is 7.05 Å². The van der Waals surface area contributed by atoms with Crippen molar-refractivity contribution >= 4 is 19.2 Å². The fourth-order valence-electron chi connectivity index (χ4n) is 1.83. The number of nitrogens with one attached hydrogen (secondary N) is 1. The van der Waals surface area contributed by atoms with E-state index in [9.17, 15) is 4.79 Å². The van der Waals surface area contributed by atoms with Gasteiger partial charge in [0.1, 0.15) is 7.85 Å². The van der Waals surface area contributed by atoms with Crippen LogP contribution in [0.1, 0.15) is 5.56 Å². The number of hydrogen-bond acceptors (Lipinski definition) is 1. The van der Waals surface area contributed by atoms with E-state index >= 15 is 0 Å². The van der Waals surface area contributed by atoms with Crippen molar-refractivity contribution in [2.24, 2.45) is 0 Å². The van der Waals surface area contributed by atoms with E-state index in [0.717, 1.165) is 5.56 Å². The Bertz CT molecular complexity index is 531. The van der Waals surface area contributed by atoms with E-state index in [1.165, 1.54) is 16.6 Å². The van der Waals surface area contributed by atoms with Crippen molar-refractivity contribution in [3.8, 4) is 11.1 Å². The van der Waals surface area contributed by atoms with Gasteiger partial charge in [0, 0.05) is 7.05 Å². The highest BCUT2D eigenvalue weighted by Gasteiger charge is 2.01. The maximum atomic E-state index is 11.3. The first kappa shape index (κ1) is 12.4. The molecule has 2 aromatic rings. The van der Waals surface area contributed by atoms with Gasteiger partial charge < -0.3 is 5.32 Å². The van der Waals surface area contributed by atoms with Gasteiger partial charge in [-0.2, -0.15) is 0 Å². The van der Waals surface area contributed by atoms with Gasteiger partial charge >= 0.3 is 0 Å². The third-order valence-electron chi connectivity index (χ3n) is 2.98. The average molecular weight is 237 g/mol. The highest BCUT2D eigenvalue weighted by atomic mass is 16.1. The van der Waals surface area contributed by atoms with E-state index in [2.05, 4.69) is 49.6 Å². The van der Waals surface area contributed by atoms with Gasteiger partial charge in [-0.15, -0.1) is 0 Å². The second-order valence-corrected chi connectivity index (χ2v) is 4.41. The zero-order valence-corrected chi connectivity index (χ0v) is 10.7. The standard InChI is InChI=1S/C15H16BNO/c1-17-15(18)10-11-2-4-12(5-3-11)13-6-8-14(16)9-7-13/h2-9H,10,16H2,1H3,(H,17,18). The SMILES string of the molecule is Bc1ccc(-c2ccc(CC(=O)NC)cc2)cc1. The van der Waals surface area contributed by atoms with Gasteiger partial charge in [0.05, 0.1) is 6.42 Å². The Morgan fingerprint density at radius 1 is 1.00 bits per heavy atom. The molecule has 0 spiro atoms. The summed E-state index contributed by atoms with van der Waals surface area (Å²) in [6.07, 6.45) is 0.435. The second-order valence-electron chi connectivity index (χ2n) is 4.41. The van der Waals surface area contributed by atoms with Crippen LogP contribution in [0.25, 0.3) is 11.1 Å². The number of carbonyl (C=O) groups is 1. The van der Waals surface area contributed by atoms with Gasteiger partial charge in [0.2, 0.25) is 5.91 Å². The fraction of sp³-hybridized carbons (Fsp3) is 0.133. The summed E-state index contributed by atoms with van der Waals surface area (Å²) in [6, 6.07) is 16.6. The molecule has 0 aliphatic heterocycles. The molecule has 90 valence electrons. The van der Waals surface area contributed by atoms with Crippen molar-refractivity contribution in [2.45, 2.75) is 6.42 Å². The van der Waals surface area contributed by atoms with Gasteiger partial charge in [0.15, 0.2) is 0 Å². The summed E-state index contributed by atoms with van der Waals surface area (Å²) in [6.45, 7) is 0. The number of likely N-dealkylation sites (N-methyl/N-ethyl adjacent to an activating group) is 1. The van der Waals surface area contributed by atoms with Crippen molar-refractivity contribution < 1.29 is 4.79 Å². The molecule has 2 nitrogen and oxygen atoms in total. The molecule has 18 heavy (non-hydrogen) atoms. The molecule has 3 heteroatoms. The van der Waals surface area contributed by atoms with Crippen molar-refractivity contribution in [2.75, 3.05) is 7.05 Å². The molecule has 0 fully saturated rings. The summed E-state index contributed by atoms with van der Waals surface area (Å²) < 4.78 is 0. The maximum absolute atomic E-state index is 11.3. The molecule has 0 atom stereocenters. The van der Waals surface area contributed by atoms with Crippen LogP contribution in [0.15, 0.2) is 48.5 Å². The molecule has 0 bridgehead atoms. The first-order chi connectivity index (χ1) is 8.69. The smallest absolute Gasteiger partial charge is 0.224 e. The summed E-state index contributed by atoms with van der Waals surface area (Å²) in [7, 11) is 3.74. The lowest BCUT2D eigenvalue weighted by atomic mass is 9.93. The van der Waals surface area contributed by atoms with Crippen LogP contribution >= 0.6 is 0 Å². The topological polar surface area (TPSA) is 29.1 Å². The molecule has 1 amide bonds. The highest BCUT2D eigenvalue weighted by Crippen LogP contribution is 2.18. The zero-order chi connectivity index (χ0) is 13.0. The molecule has 0 unspecified atom stereocenters. The largest absolute Gasteiger partial charge is 0.359 e. The molecule has 0 aliphatic rings. The first-order valence-electron chi connectivity index (χ1n) is 6.05. The third-order valence-corrected chi connectivity index (χ3v) is 2.98. The maximum Gasteiger partial charge on any atom is 0.224 e. The number of rotatable bonds is 3. The Kier molecular flexibility index (Phi) is 3.83. The Morgan fingerprint density at radius 3 is 2.00 bits per heavy atom. The molecule has 0 heterocycles. The van der Waals surface area contributed by atoms with Crippen LogP contribution < -0.4 is 10.8 Å². The van der Waals surface area contributed by atoms with Crippen LogP contribution in [0, 0.1) is 0 Å². The quantitative estimate of drug-likeness (QED) is 0.789. The third kappa shape index (κ3) is 3.01. The minimum Gasteiger partial charge on any atom is -0.359 e. The monoisotopic (exact) mass is 237 g/mol. The van der Waals surface area contributed by atoms with Gasteiger partial charge in [-0.05, 0) is 16.7 Å². The van der Waals surface area contributed by atoms with Crippen molar-refractivity contribution in [1.29, 1.82) is 0 Å². The molecule has 0 saturated carbocycles. The molecule has 2 rings (SSSR count). The summed E-state index contributed by atoms with van der Waals surface area (Å²) in [5, 5.41) is 2.63. The Hall–Kier alpha value is -2.03. The molecule has 0 aliphatic carbocycles. The number of carbonyl (C=O) groups excluding carboxylic acids is 1. The van der Waals surface area contributed by atoms with Crippen LogP contribution in [-0.2, 0) is 11.2 Å². The minimum absolute atomic E-state index is 0.0399. The molecule has 0 saturated heterocycles. The number of benzene rings is 2. The highest BCUT2D eigenvalue weighted by molar-refractivity contribution is 6.32. The Labute approximate surface area is 108 Å². The van der Waals surface area contributed by atoms with Crippen LogP contribution in [0.3, 0.4) is 0 Å². The summed E-state index contributed by atoms with van der Waals surface area (Å²) in [5.74, 6) is 0.0399. The Morgan fingerprint density at radius 2 is 1.50 bits per heavy atom. The van der Waals surface area contributed by atoms with Crippen molar-refractivity contribution in [1.82, 2.24) is 5.32 Å². The van der Waals surface area contributed by atoms with Crippen LogP contribution in [0.5, 0.6) is 0 Å². The lowest BCUT2D eigenvalue weighted by molar-refractivity contribution is -0.119. The van der Waals surface area contributed by atoms with E-state index in [4.69, 9.17) is 0 Å². The Balaban J connectivity index is 2.17. The van der Waals surface area contributed by atoms with Gasteiger partial charge in [-0.3, -0.25) is 4.79 Å².